The summed E-state index contributed by atoms with van der Waals surface area (Å²) >= 11 is 16.3. The monoisotopic (exact) mass is 226 g/mol. The predicted molar refractivity (Wildman–Crippen MR) is 47.3 cm³/mol. The number of nitrogens with zero attached hydrogens (tertiary/aromatic N) is 2. The Labute approximate surface area is 84.3 Å². The molecule has 1 rings (SSSR count). The molecular formula is C6H5Cl3N2O. The average Bonchev–Trinajstić information content (AvgIpc) is 2.03. The molecule has 66 valence electrons. The van der Waals surface area contributed by atoms with Crippen LogP contribution in [0.5, 0.6) is 0 Å². The van der Waals surface area contributed by atoms with Crippen LogP contribution in [0, 0.1) is 0 Å². The van der Waals surface area contributed by atoms with Crippen molar-refractivity contribution in [1.29, 1.82) is 0 Å². The molecule has 0 aliphatic carbocycles. The molecule has 0 fully saturated rings. The van der Waals surface area contributed by atoms with Crippen LogP contribution in [-0.2, 0) is 0 Å². The van der Waals surface area contributed by atoms with Crippen molar-refractivity contribution in [1.82, 2.24) is 9.97 Å². The minimum Gasteiger partial charge on any atom is -0.381 e. The first-order valence-corrected chi connectivity index (χ1v) is 4.17. The molecule has 1 unspecified atom stereocenters. The molecule has 0 saturated heterocycles. The van der Waals surface area contributed by atoms with E-state index in [9.17, 15) is 5.11 Å². The van der Waals surface area contributed by atoms with E-state index in [1.54, 1.807) is 6.07 Å². The second-order valence-corrected chi connectivity index (χ2v) is 4.42. The van der Waals surface area contributed by atoms with Crippen LogP contribution in [0.25, 0.3) is 0 Å². The first kappa shape index (κ1) is 9.99. The molecule has 12 heavy (non-hydrogen) atoms. The Morgan fingerprint density at radius 1 is 1.25 bits per heavy atom. The molecule has 0 aliphatic heterocycles. The van der Waals surface area contributed by atoms with E-state index >= 15 is 0 Å². The standard InChI is InChI=1S/C6H5Cl3N2O/c7-6(8,9)4(12)5-10-2-1-3-11-5/h1-4,12H. The van der Waals surface area contributed by atoms with Crippen LogP contribution in [-0.4, -0.2) is 18.9 Å². The topological polar surface area (TPSA) is 46.0 Å². The Kier molecular flexibility index (Phi) is 3.12. The van der Waals surface area contributed by atoms with Gasteiger partial charge in [0.1, 0.15) is 0 Å². The van der Waals surface area contributed by atoms with Gasteiger partial charge in [0.15, 0.2) is 11.9 Å². The molecule has 0 saturated carbocycles. The number of rotatable bonds is 1. The third-order valence-electron chi connectivity index (χ3n) is 1.14. The lowest BCUT2D eigenvalue weighted by Crippen LogP contribution is -2.18. The molecular weight excluding hydrogens is 222 g/mol. The van der Waals surface area contributed by atoms with E-state index in [2.05, 4.69) is 9.97 Å². The fourth-order valence-corrected chi connectivity index (χ4v) is 0.891. The van der Waals surface area contributed by atoms with Crippen LogP contribution < -0.4 is 0 Å². The predicted octanol–water partition coefficient (Wildman–Crippen LogP) is 1.88. The van der Waals surface area contributed by atoms with E-state index in [4.69, 9.17) is 34.8 Å². The summed E-state index contributed by atoms with van der Waals surface area (Å²) in [5, 5.41) is 9.34. The Morgan fingerprint density at radius 2 is 1.75 bits per heavy atom. The lowest BCUT2D eigenvalue weighted by molar-refractivity contribution is 0.172. The van der Waals surface area contributed by atoms with Gasteiger partial charge in [0, 0.05) is 12.4 Å². The summed E-state index contributed by atoms with van der Waals surface area (Å²) in [4.78, 5) is 7.46. The van der Waals surface area contributed by atoms with E-state index in [-0.39, 0.29) is 5.82 Å². The van der Waals surface area contributed by atoms with Crippen LogP contribution in [0.1, 0.15) is 11.9 Å². The fourth-order valence-electron chi connectivity index (χ4n) is 0.598. The molecule has 0 aromatic carbocycles. The zero-order valence-corrected chi connectivity index (χ0v) is 8.05. The summed E-state index contributed by atoms with van der Waals surface area (Å²) in [5.41, 5.74) is 0. The summed E-state index contributed by atoms with van der Waals surface area (Å²) in [7, 11) is 0. The largest absolute Gasteiger partial charge is 0.381 e. The van der Waals surface area contributed by atoms with Crippen LogP contribution >= 0.6 is 34.8 Å². The Balaban J connectivity index is 2.86. The van der Waals surface area contributed by atoms with Gasteiger partial charge in [-0.1, -0.05) is 34.8 Å². The van der Waals surface area contributed by atoms with Crippen molar-refractivity contribution < 1.29 is 5.11 Å². The van der Waals surface area contributed by atoms with Crippen molar-refractivity contribution in [2.45, 2.75) is 9.90 Å². The van der Waals surface area contributed by atoms with Gasteiger partial charge in [-0.2, -0.15) is 0 Å². The number of hydrogen-bond acceptors (Lipinski definition) is 3. The Hall–Kier alpha value is -0.0900. The maximum atomic E-state index is 9.34. The zero-order chi connectivity index (χ0) is 9.19. The molecule has 1 heterocycles. The number of aliphatic hydroxyl groups excluding tert-OH is 1. The van der Waals surface area contributed by atoms with Gasteiger partial charge in [-0.15, -0.1) is 0 Å². The maximum absolute atomic E-state index is 9.34. The van der Waals surface area contributed by atoms with Crippen molar-refractivity contribution in [3.8, 4) is 0 Å². The molecule has 0 aliphatic rings. The number of hydrogen-bond donors (Lipinski definition) is 1. The summed E-state index contributed by atoms with van der Waals surface area (Å²) in [6, 6.07) is 1.61. The number of alkyl halides is 3. The Morgan fingerprint density at radius 3 is 2.17 bits per heavy atom. The van der Waals surface area contributed by atoms with Gasteiger partial charge in [-0.25, -0.2) is 9.97 Å². The molecule has 1 N–H and O–H groups in total. The first-order valence-electron chi connectivity index (χ1n) is 3.03. The van der Waals surface area contributed by atoms with E-state index < -0.39 is 9.90 Å². The van der Waals surface area contributed by atoms with Crippen molar-refractivity contribution in [2.24, 2.45) is 0 Å². The van der Waals surface area contributed by atoms with Crippen molar-refractivity contribution in [3.05, 3.63) is 24.3 Å². The fraction of sp³-hybridized carbons (Fsp3) is 0.333. The lowest BCUT2D eigenvalue weighted by atomic mass is 10.4. The van der Waals surface area contributed by atoms with Crippen molar-refractivity contribution in [3.63, 3.8) is 0 Å². The third-order valence-corrected chi connectivity index (χ3v) is 1.76. The molecule has 0 amide bonds. The van der Waals surface area contributed by atoms with Crippen LogP contribution in [0.3, 0.4) is 0 Å². The normalized spacial score (nSPS) is 14.3. The second-order valence-electron chi connectivity index (χ2n) is 2.05. The van der Waals surface area contributed by atoms with Gasteiger partial charge in [-0.05, 0) is 6.07 Å². The van der Waals surface area contributed by atoms with Gasteiger partial charge in [-0.3, -0.25) is 0 Å². The highest BCUT2D eigenvalue weighted by atomic mass is 35.6. The second kappa shape index (κ2) is 3.75. The number of aliphatic hydroxyl groups is 1. The molecule has 0 spiro atoms. The zero-order valence-electron chi connectivity index (χ0n) is 5.78. The highest BCUT2D eigenvalue weighted by Crippen LogP contribution is 2.37. The summed E-state index contributed by atoms with van der Waals surface area (Å²) in [5.74, 6) is 0.0949. The molecule has 0 radical (unpaired) electrons. The molecule has 1 atom stereocenters. The van der Waals surface area contributed by atoms with Gasteiger partial charge in [0.05, 0.1) is 0 Å². The van der Waals surface area contributed by atoms with Gasteiger partial charge < -0.3 is 5.11 Å². The molecule has 1 aromatic rings. The lowest BCUT2D eigenvalue weighted by Gasteiger charge is -2.16. The quantitative estimate of drug-likeness (QED) is 0.745. The van der Waals surface area contributed by atoms with Crippen molar-refractivity contribution in [2.75, 3.05) is 0 Å². The molecule has 6 heteroatoms. The van der Waals surface area contributed by atoms with E-state index in [0.717, 1.165) is 0 Å². The minimum absolute atomic E-state index is 0.0949. The van der Waals surface area contributed by atoms with Gasteiger partial charge in [0.25, 0.3) is 0 Å². The Bertz CT molecular complexity index is 249. The first-order chi connectivity index (χ1) is 5.52. The van der Waals surface area contributed by atoms with Crippen LogP contribution in [0.15, 0.2) is 18.5 Å². The van der Waals surface area contributed by atoms with E-state index in [1.807, 2.05) is 0 Å². The van der Waals surface area contributed by atoms with E-state index in [1.165, 1.54) is 12.4 Å². The molecule has 1 aromatic heterocycles. The third kappa shape index (κ3) is 2.45. The molecule has 3 nitrogen and oxygen atoms in total. The van der Waals surface area contributed by atoms with E-state index in [0.29, 0.717) is 0 Å². The average molecular weight is 227 g/mol. The summed E-state index contributed by atoms with van der Waals surface area (Å²) in [6.07, 6.45) is 1.62. The minimum atomic E-state index is -1.79. The number of aromatic nitrogens is 2. The van der Waals surface area contributed by atoms with Crippen LogP contribution in [0.4, 0.5) is 0 Å². The van der Waals surface area contributed by atoms with Crippen LogP contribution in [0.2, 0.25) is 0 Å². The van der Waals surface area contributed by atoms with Gasteiger partial charge >= 0.3 is 0 Å². The maximum Gasteiger partial charge on any atom is 0.223 e. The number of halogens is 3. The SMILES string of the molecule is OC(c1ncccn1)C(Cl)(Cl)Cl. The van der Waals surface area contributed by atoms with Gasteiger partial charge in [0.2, 0.25) is 3.79 Å². The highest BCUT2D eigenvalue weighted by molar-refractivity contribution is 6.67. The highest BCUT2D eigenvalue weighted by Gasteiger charge is 2.33. The summed E-state index contributed by atoms with van der Waals surface area (Å²) < 4.78 is -1.79. The smallest absolute Gasteiger partial charge is 0.223 e. The van der Waals surface area contributed by atoms with Crippen molar-refractivity contribution >= 4 is 34.8 Å². The molecule has 0 bridgehead atoms. The summed E-state index contributed by atoms with van der Waals surface area (Å²) in [6.45, 7) is 0.